The van der Waals surface area contributed by atoms with Crippen molar-refractivity contribution in [3.8, 4) is 0 Å². The number of carbonyl (C=O) groups excluding carboxylic acids is 1. The number of benzene rings is 2. The molecule has 3 rings (SSSR count). The molecule has 0 atom stereocenters. The van der Waals surface area contributed by atoms with Gasteiger partial charge in [-0.15, -0.1) is 12.4 Å². The minimum atomic E-state index is 0. The maximum Gasteiger partial charge on any atom is 0.233 e. The first kappa shape index (κ1) is 24.6. The first-order valence-corrected chi connectivity index (χ1v) is 11.3. The topological polar surface area (TPSA) is 36.4 Å². The SMILES string of the molecule is CCN(CC)CCN(C(=O)Cc1cc(C)ccc1C)c1nc2ccc(Cl)cc2s1.Cl. The molecular formula is C23H29Cl2N3OS. The van der Waals surface area contributed by atoms with Crippen LogP contribution in [0, 0.1) is 13.8 Å². The van der Waals surface area contributed by atoms with E-state index in [0.717, 1.165) is 46.1 Å². The van der Waals surface area contributed by atoms with E-state index in [1.54, 1.807) is 0 Å². The van der Waals surface area contributed by atoms with Crippen LogP contribution in [-0.2, 0) is 11.2 Å². The van der Waals surface area contributed by atoms with Crippen molar-refractivity contribution in [2.75, 3.05) is 31.1 Å². The van der Waals surface area contributed by atoms with Gasteiger partial charge in [-0.3, -0.25) is 9.69 Å². The predicted molar refractivity (Wildman–Crippen MR) is 132 cm³/mol. The number of fused-ring (bicyclic) bond motifs is 1. The van der Waals surface area contributed by atoms with Crippen LogP contribution >= 0.6 is 35.3 Å². The van der Waals surface area contributed by atoms with Crippen LogP contribution in [0.5, 0.6) is 0 Å². The summed E-state index contributed by atoms with van der Waals surface area (Å²) >= 11 is 7.67. The Morgan fingerprint density at radius 1 is 1.07 bits per heavy atom. The van der Waals surface area contributed by atoms with E-state index >= 15 is 0 Å². The van der Waals surface area contributed by atoms with E-state index in [-0.39, 0.29) is 18.3 Å². The first-order valence-electron chi connectivity index (χ1n) is 10.1. The van der Waals surface area contributed by atoms with Crippen LogP contribution < -0.4 is 4.90 Å². The van der Waals surface area contributed by atoms with Gasteiger partial charge >= 0.3 is 0 Å². The van der Waals surface area contributed by atoms with Crippen molar-refractivity contribution >= 4 is 56.6 Å². The highest BCUT2D eigenvalue weighted by atomic mass is 35.5. The van der Waals surface area contributed by atoms with Crippen molar-refractivity contribution < 1.29 is 4.79 Å². The van der Waals surface area contributed by atoms with Crippen LogP contribution in [0.3, 0.4) is 0 Å². The number of aromatic nitrogens is 1. The van der Waals surface area contributed by atoms with E-state index in [1.807, 2.05) is 23.1 Å². The van der Waals surface area contributed by atoms with Gasteiger partial charge in [-0.05, 0) is 56.3 Å². The molecule has 0 fully saturated rings. The molecule has 0 N–H and O–H groups in total. The minimum Gasteiger partial charge on any atom is -0.302 e. The summed E-state index contributed by atoms with van der Waals surface area (Å²) in [5.74, 6) is 0.0796. The largest absolute Gasteiger partial charge is 0.302 e. The third-order valence-electron chi connectivity index (χ3n) is 5.25. The molecule has 162 valence electrons. The second-order valence-electron chi connectivity index (χ2n) is 7.29. The summed E-state index contributed by atoms with van der Waals surface area (Å²) < 4.78 is 1.000. The van der Waals surface area contributed by atoms with Crippen LogP contribution in [0.25, 0.3) is 10.2 Å². The van der Waals surface area contributed by atoms with Gasteiger partial charge in [-0.25, -0.2) is 4.98 Å². The van der Waals surface area contributed by atoms with Gasteiger partial charge in [0.25, 0.3) is 0 Å². The van der Waals surface area contributed by atoms with Gasteiger partial charge in [0, 0.05) is 18.1 Å². The van der Waals surface area contributed by atoms with E-state index in [1.165, 1.54) is 16.9 Å². The summed E-state index contributed by atoms with van der Waals surface area (Å²) in [7, 11) is 0. The molecule has 0 saturated carbocycles. The number of rotatable bonds is 8. The second kappa shape index (κ2) is 11.1. The summed E-state index contributed by atoms with van der Waals surface area (Å²) in [4.78, 5) is 22.3. The zero-order valence-corrected chi connectivity index (χ0v) is 20.3. The molecule has 0 spiro atoms. The van der Waals surface area contributed by atoms with Gasteiger partial charge in [0.05, 0.1) is 16.6 Å². The predicted octanol–water partition coefficient (Wildman–Crippen LogP) is 5.91. The zero-order chi connectivity index (χ0) is 21.0. The van der Waals surface area contributed by atoms with Crippen LogP contribution in [0.15, 0.2) is 36.4 Å². The molecule has 30 heavy (non-hydrogen) atoms. The van der Waals surface area contributed by atoms with Gasteiger partial charge in [0.2, 0.25) is 5.91 Å². The summed E-state index contributed by atoms with van der Waals surface area (Å²) in [6.07, 6.45) is 0.377. The molecule has 0 saturated heterocycles. The molecule has 0 unspecified atom stereocenters. The van der Waals surface area contributed by atoms with Gasteiger partial charge < -0.3 is 4.90 Å². The summed E-state index contributed by atoms with van der Waals surface area (Å²) in [6.45, 7) is 11.8. The van der Waals surface area contributed by atoms with E-state index in [9.17, 15) is 4.79 Å². The van der Waals surface area contributed by atoms with E-state index in [2.05, 4.69) is 50.8 Å². The molecule has 4 nitrogen and oxygen atoms in total. The van der Waals surface area contributed by atoms with Crippen LogP contribution in [-0.4, -0.2) is 42.0 Å². The fourth-order valence-electron chi connectivity index (χ4n) is 3.36. The standard InChI is InChI=1S/C23H28ClN3OS.ClH/c1-5-26(6-2)11-12-27(22(28)14-18-13-16(3)7-8-17(18)4)23-25-20-10-9-19(24)15-21(20)29-23;/h7-10,13,15H,5-6,11-12,14H2,1-4H3;1H. The molecule has 1 heterocycles. The first-order chi connectivity index (χ1) is 13.9. The molecule has 0 aliphatic rings. The summed E-state index contributed by atoms with van der Waals surface area (Å²) in [5.41, 5.74) is 4.26. The molecule has 1 aromatic heterocycles. The number of hydrogen-bond acceptors (Lipinski definition) is 4. The number of amides is 1. The Hall–Kier alpha value is -1.66. The maximum absolute atomic E-state index is 13.4. The van der Waals surface area contributed by atoms with Crippen molar-refractivity contribution in [1.82, 2.24) is 9.88 Å². The molecule has 0 aliphatic carbocycles. The highest BCUT2D eigenvalue weighted by Crippen LogP contribution is 2.31. The van der Waals surface area contributed by atoms with Crippen molar-refractivity contribution in [2.24, 2.45) is 0 Å². The fourth-order valence-corrected chi connectivity index (χ4v) is 4.64. The summed E-state index contributed by atoms with van der Waals surface area (Å²) in [6, 6.07) is 11.9. The fraction of sp³-hybridized carbons (Fsp3) is 0.391. The Morgan fingerprint density at radius 2 is 1.80 bits per heavy atom. The normalized spacial score (nSPS) is 11.0. The second-order valence-corrected chi connectivity index (χ2v) is 8.73. The number of carbonyl (C=O) groups is 1. The van der Waals surface area contributed by atoms with Crippen LogP contribution in [0.1, 0.15) is 30.5 Å². The number of likely N-dealkylation sites (N-methyl/N-ethyl adjacent to an activating group) is 1. The van der Waals surface area contributed by atoms with E-state index < -0.39 is 0 Å². The summed E-state index contributed by atoms with van der Waals surface area (Å²) in [5, 5.41) is 1.42. The molecule has 7 heteroatoms. The van der Waals surface area contributed by atoms with Gasteiger partial charge in [-0.2, -0.15) is 0 Å². The van der Waals surface area contributed by atoms with Crippen molar-refractivity contribution in [2.45, 2.75) is 34.1 Å². The quantitative estimate of drug-likeness (QED) is 0.414. The average molecular weight is 466 g/mol. The Balaban J connectivity index is 0.00000320. The lowest BCUT2D eigenvalue weighted by Gasteiger charge is -2.25. The molecule has 3 aromatic rings. The Kier molecular flexibility index (Phi) is 9.10. The zero-order valence-electron chi connectivity index (χ0n) is 17.9. The Morgan fingerprint density at radius 3 is 2.50 bits per heavy atom. The van der Waals surface area contributed by atoms with Crippen LogP contribution in [0.4, 0.5) is 5.13 Å². The van der Waals surface area contributed by atoms with Gasteiger partial charge in [0.1, 0.15) is 0 Å². The number of hydrogen-bond donors (Lipinski definition) is 0. The van der Waals surface area contributed by atoms with E-state index in [0.29, 0.717) is 18.0 Å². The number of anilines is 1. The van der Waals surface area contributed by atoms with Crippen molar-refractivity contribution in [3.05, 3.63) is 58.1 Å². The lowest BCUT2D eigenvalue weighted by molar-refractivity contribution is -0.118. The minimum absolute atomic E-state index is 0. The van der Waals surface area contributed by atoms with Crippen LogP contribution in [0.2, 0.25) is 5.02 Å². The monoisotopic (exact) mass is 465 g/mol. The molecule has 1 amide bonds. The van der Waals surface area contributed by atoms with Crippen molar-refractivity contribution in [3.63, 3.8) is 0 Å². The third-order valence-corrected chi connectivity index (χ3v) is 6.53. The average Bonchev–Trinajstić information content (AvgIpc) is 3.10. The number of nitrogens with zero attached hydrogens (tertiary/aromatic N) is 3. The Bertz CT molecular complexity index is 1000. The highest BCUT2D eigenvalue weighted by Gasteiger charge is 2.21. The number of aryl methyl sites for hydroxylation is 2. The van der Waals surface area contributed by atoms with Gasteiger partial charge in [-0.1, -0.05) is 60.5 Å². The molecule has 2 aromatic carbocycles. The smallest absolute Gasteiger partial charge is 0.233 e. The van der Waals surface area contributed by atoms with Crippen molar-refractivity contribution in [1.29, 1.82) is 0 Å². The number of halogens is 2. The third kappa shape index (κ3) is 5.94. The lowest BCUT2D eigenvalue weighted by Crippen LogP contribution is -2.39. The molecular weight excluding hydrogens is 437 g/mol. The molecule has 0 radical (unpaired) electrons. The number of thiazole rings is 1. The molecule has 0 aliphatic heterocycles. The van der Waals surface area contributed by atoms with E-state index in [4.69, 9.17) is 16.6 Å². The Labute approximate surface area is 194 Å². The lowest BCUT2D eigenvalue weighted by atomic mass is 10.0. The maximum atomic E-state index is 13.4. The molecule has 0 bridgehead atoms. The van der Waals surface area contributed by atoms with Gasteiger partial charge in [0.15, 0.2) is 5.13 Å². The highest BCUT2D eigenvalue weighted by molar-refractivity contribution is 7.22.